The third kappa shape index (κ3) is 9.83. The lowest BCUT2D eigenvalue weighted by Gasteiger charge is -2.62. The quantitative estimate of drug-likeness (QED) is 0.184. The van der Waals surface area contributed by atoms with Crippen LogP contribution in [0, 0.1) is 70.0 Å². The molecule has 430 valence electrons. The molecule has 0 N–H and O–H groups in total. The zero-order valence-electron chi connectivity index (χ0n) is 49.8. The average Bonchev–Trinajstić information content (AvgIpc) is 4.20. The van der Waals surface area contributed by atoms with Crippen LogP contribution in [0.3, 0.4) is 0 Å². The highest BCUT2D eigenvalue weighted by atomic mass is 16.5. The molecule has 12 aliphatic carbocycles. The lowest BCUT2D eigenvalue weighted by molar-refractivity contribution is -0.139. The van der Waals surface area contributed by atoms with Crippen LogP contribution in [-0.4, -0.2) is 41.3 Å². The summed E-state index contributed by atoms with van der Waals surface area (Å²) in [6.45, 7) is 11.2. The van der Waals surface area contributed by atoms with Crippen molar-refractivity contribution >= 4 is 5.69 Å². The second-order valence-electron chi connectivity index (χ2n) is 29.4. The van der Waals surface area contributed by atoms with Crippen LogP contribution >= 0.6 is 0 Å². The largest absolute Gasteiger partial charge is 0.462 e. The Hall–Kier alpha value is -3.76. The summed E-state index contributed by atoms with van der Waals surface area (Å²) in [4.78, 5) is 6.06. The summed E-state index contributed by atoms with van der Waals surface area (Å²) in [6, 6.07) is 9.15. The van der Waals surface area contributed by atoms with Crippen LogP contribution in [0.4, 0.5) is 5.69 Å². The molecule has 0 aromatic heterocycles. The minimum Gasteiger partial charge on any atom is -0.462 e. The summed E-state index contributed by atoms with van der Waals surface area (Å²) in [7, 11) is 0. The standard InChI is InChI=1S/C76H104N2O2/c1-4-52-27-39-62(40-28-52)79-64-43-34-58(35-44-64)76(57-19-8-6-9-20-57)71-25-15-14-24-67(71)70-46-38-61(51-75(70,76)3)77(72-26-16-18-55-17-12-13-23-66(55)72)60-36-31-54(32-37-60)56-33-47-73-68(49-56)69-50-65(80-63-41-29-53(5-2)30-42-63)45-48-74(69)78(73)59-21-10-7-11-22-59/h4-5,10,13,21,23,29,33,36,38,41,45-48,50,52,54-59,61-62,64,66-68,70-73H,1-2,6-9,11-12,14-20,22,24-28,30-32,34-35,37,39-40,42-44,49,51H2,3H3. The van der Waals surface area contributed by atoms with Gasteiger partial charge in [-0.3, -0.25) is 0 Å². The van der Waals surface area contributed by atoms with Crippen molar-refractivity contribution < 1.29 is 9.47 Å². The van der Waals surface area contributed by atoms with E-state index in [4.69, 9.17) is 9.47 Å². The molecule has 0 amide bonds. The molecule has 14 rings (SSSR count). The molecule has 0 saturated heterocycles. The predicted molar refractivity (Wildman–Crippen MR) is 332 cm³/mol. The lowest BCUT2D eigenvalue weighted by Crippen LogP contribution is -2.58. The van der Waals surface area contributed by atoms with Crippen LogP contribution in [0.5, 0.6) is 5.75 Å². The molecule has 4 nitrogen and oxygen atoms in total. The summed E-state index contributed by atoms with van der Waals surface area (Å²) < 4.78 is 13.8. The molecule has 1 aromatic carbocycles. The van der Waals surface area contributed by atoms with E-state index in [0.29, 0.717) is 76.8 Å². The van der Waals surface area contributed by atoms with Gasteiger partial charge in [-0.2, -0.15) is 0 Å². The van der Waals surface area contributed by atoms with Gasteiger partial charge >= 0.3 is 0 Å². The first-order valence-corrected chi connectivity index (χ1v) is 34.5. The first-order valence-electron chi connectivity index (χ1n) is 34.5. The molecule has 14 unspecified atom stereocenters. The number of ether oxygens (including phenoxy) is 2. The number of fused-ring (bicyclic) bond motifs is 7. The van der Waals surface area contributed by atoms with Crippen LogP contribution in [-0.2, 0) is 4.74 Å². The average molecular weight is 1080 g/mol. The Balaban J connectivity index is 0.758. The fraction of sp³-hybridized carbons (Fsp3) is 0.684. The van der Waals surface area contributed by atoms with Gasteiger partial charge in [0.1, 0.15) is 11.5 Å². The second-order valence-corrected chi connectivity index (χ2v) is 29.4. The van der Waals surface area contributed by atoms with E-state index in [-0.39, 0.29) is 0 Å². The van der Waals surface area contributed by atoms with Gasteiger partial charge in [0.15, 0.2) is 0 Å². The van der Waals surface area contributed by atoms with E-state index in [9.17, 15) is 0 Å². The van der Waals surface area contributed by atoms with Crippen molar-refractivity contribution in [2.75, 3.05) is 4.90 Å². The summed E-state index contributed by atoms with van der Waals surface area (Å²) >= 11 is 0. The highest BCUT2D eigenvalue weighted by Gasteiger charge is 2.71. The number of hydrogen-bond donors (Lipinski definition) is 0. The van der Waals surface area contributed by atoms with E-state index in [1.165, 1.54) is 209 Å². The van der Waals surface area contributed by atoms with E-state index in [1.807, 2.05) is 6.08 Å². The Kier molecular flexibility index (Phi) is 15.8. The Morgan fingerprint density at radius 2 is 1.49 bits per heavy atom. The molecule has 6 fully saturated rings. The monoisotopic (exact) mass is 1080 g/mol. The van der Waals surface area contributed by atoms with E-state index >= 15 is 0 Å². The maximum Gasteiger partial charge on any atom is 0.127 e. The summed E-state index contributed by atoms with van der Waals surface area (Å²) in [5.74, 6) is 10.4. The first kappa shape index (κ1) is 54.2. The molecule has 0 spiro atoms. The van der Waals surface area contributed by atoms with Gasteiger partial charge in [0, 0.05) is 41.8 Å². The van der Waals surface area contributed by atoms with Crippen molar-refractivity contribution in [3.05, 3.63) is 133 Å². The van der Waals surface area contributed by atoms with E-state index in [1.54, 1.807) is 5.70 Å². The van der Waals surface area contributed by atoms with Gasteiger partial charge in [-0.25, -0.2) is 0 Å². The molecule has 4 heteroatoms. The van der Waals surface area contributed by atoms with Crippen molar-refractivity contribution in [1.82, 2.24) is 4.90 Å². The number of nitrogens with zero attached hydrogens (tertiary/aromatic N) is 2. The van der Waals surface area contributed by atoms with Crippen molar-refractivity contribution in [3.63, 3.8) is 0 Å². The van der Waals surface area contributed by atoms with Gasteiger partial charge < -0.3 is 19.3 Å². The van der Waals surface area contributed by atoms with Gasteiger partial charge in [-0.15, -0.1) is 6.58 Å². The highest BCUT2D eigenvalue weighted by molar-refractivity contribution is 5.67. The molecule has 0 radical (unpaired) electrons. The summed E-state index contributed by atoms with van der Waals surface area (Å²) in [6.07, 6.45) is 76.8. The summed E-state index contributed by atoms with van der Waals surface area (Å²) in [5, 5.41) is 0. The fourth-order valence-electron chi connectivity index (χ4n) is 22.4. The fourth-order valence-corrected chi connectivity index (χ4v) is 22.4. The first-order chi connectivity index (χ1) is 39.4. The third-order valence-electron chi connectivity index (χ3n) is 25.8. The number of rotatable bonds is 13. The molecule has 6 saturated carbocycles. The molecule has 1 aliphatic heterocycles. The minimum absolute atomic E-state index is 0.328. The van der Waals surface area contributed by atoms with E-state index in [0.717, 1.165) is 59.9 Å². The Bertz CT molecular complexity index is 2610. The molecule has 80 heavy (non-hydrogen) atoms. The van der Waals surface area contributed by atoms with Gasteiger partial charge in [0.05, 0.1) is 18.2 Å². The number of benzene rings is 1. The van der Waals surface area contributed by atoms with Gasteiger partial charge in [-0.1, -0.05) is 125 Å². The lowest BCUT2D eigenvalue weighted by atomic mass is 9.43. The van der Waals surface area contributed by atoms with E-state index < -0.39 is 0 Å². The maximum absolute atomic E-state index is 7.14. The SMILES string of the molecule is C=CC1=CC=C(Oc2ccc3c(c2)C2CC(C4CC=C(N(C5C=CC6C7CCCCC7C(C7CCCCC7)(C7CCC(OC8CCC(C=C)CC8)CC7)C6(C)C5)C5CCCC6CCC=CC65)CC4)C=CC2N3C2C=CCCC2)CC1. The Labute approximate surface area is 485 Å². The van der Waals surface area contributed by atoms with Crippen molar-refractivity contribution in [2.45, 2.75) is 255 Å². The Morgan fingerprint density at radius 3 is 2.26 bits per heavy atom. The maximum atomic E-state index is 7.14. The molecule has 13 aliphatic rings. The number of hydrogen-bond acceptors (Lipinski definition) is 4. The Morgan fingerprint density at radius 1 is 0.675 bits per heavy atom. The molecular weight excluding hydrogens is 973 g/mol. The number of anilines is 1. The molecule has 1 aromatic rings. The van der Waals surface area contributed by atoms with Gasteiger partial charge in [-0.05, 0) is 266 Å². The van der Waals surface area contributed by atoms with Crippen LogP contribution < -0.4 is 9.64 Å². The smallest absolute Gasteiger partial charge is 0.127 e. The van der Waals surface area contributed by atoms with Crippen LogP contribution in [0.1, 0.15) is 224 Å². The van der Waals surface area contributed by atoms with Crippen LogP contribution in [0.15, 0.2) is 127 Å². The zero-order valence-corrected chi connectivity index (χ0v) is 49.8. The number of allylic oxidation sites excluding steroid dienone is 12. The molecule has 0 bridgehead atoms. The van der Waals surface area contributed by atoms with Gasteiger partial charge in [0.25, 0.3) is 0 Å². The topological polar surface area (TPSA) is 24.9 Å². The van der Waals surface area contributed by atoms with Crippen LogP contribution in [0.2, 0.25) is 0 Å². The van der Waals surface area contributed by atoms with Crippen molar-refractivity contribution in [3.8, 4) is 5.75 Å². The minimum atomic E-state index is 0.328. The van der Waals surface area contributed by atoms with Crippen LogP contribution in [0.25, 0.3) is 0 Å². The van der Waals surface area contributed by atoms with E-state index in [2.05, 4.69) is 121 Å². The molecule has 14 atom stereocenters. The normalized spacial score (nSPS) is 42.4. The zero-order chi connectivity index (χ0) is 53.8. The highest BCUT2D eigenvalue weighted by Crippen LogP contribution is 2.77. The second kappa shape index (κ2) is 23.4. The third-order valence-corrected chi connectivity index (χ3v) is 25.8. The van der Waals surface area contributed by atoms with Gasteiger partial charge in [0.2, 0.25) is 0 Å². The predicted octanol–water partition coefficient (Wildman–Crippen LogP) is 19.6. The summed E-state index contributed by atoms with van der Waals surface area (Å²) in [5.41, 5.74) is 6.79. The van der Waals surface area contributed by atoms with Crippen molar-refractivity contribution in [2.24, 2.45) is 70.0 Å². The molecule has 1 heterocycles. The van der Waals surface area contributed by atoms with Crippen molar-refractivity contribution in [1.29, 1.82) is 0 Å². The molecular formula is C76H104N2O2.